The van der Waals surface area contributed by atoms with E-state index in [1.54, 1.807) is 25.5 Å². The molecule has 3 aromatic rings. The van der Waals surface area contributed by atoms with Crippen LogP contribution in [0.5, 0.6) is 23.0 Å². The van der Waals surface area contributed by atoms with Crippen molar-refractivity contribution in [2.45, 2.75) is 6.54 Å². The second kappa shape index (κ2) is 13.0. The van der Waals surface area contributed by atoms with E-state index in [-0.39, 0.29) is 5.82 Å². The monoisotopic (exact) mass is 536 g/mol. The summed E-state index contributed by atoms with van der Waals surface area (Å²) in [5.74, 6) is 1.30. The van der Waals surface area contributed by atoms with Gasteiger partial charge in [-0.2, -0.15) is 5.10 Å². The quantitative estimate of drug-likeness (QED) is 0.310. The number of halogens is 1. The van der Waals surface area contributed by atoms with Gasteiger partial charge in [-0.25, -0.2) is 9.82 Å². The first kappa shape index (κ1) is 27.7. The molecule has 1 saturated heterocycles. The van der Waals surface area contributed by atoms with Crippen LogP contribution in [-0.2, 0) is 6.54 Å². The van der Waals surface area contributed by atoms with Crippen LogP contribution in [0.3, 0.4) is 0 Å². The predicted molar refractivity (Wildman–Crippen MR) is 148 cm³/mol. The lowest BCUT2D eigenvalue weighted by atomic mass is 10.1. The van der Waals surface area contributed by atoms with Gasteiger partial charge in [0, 0.05) is 49.5 Å². The van der Waals surface area contributed by atoms with Crippen molar-refractivity contribution in [1.82, 2.24) is 10.3 Å². The number of piperazine rings is 1. The summed E-state index contributed by atoms with van der Waals surface area (Å²) >= 11 is 0. The van der Waals surface area contributed by atoms with Crippen molar-refractivity contribution in [3.63, 3.8) is 0 Å². The van der Waals surface area contributed by atoms with Gasteiger partial charge >= 0.3 is 0 Å². The molecule has 1 aliphatic heterocycles. The zero-order chi connectivity index (χ0) is 27.8. The van der Waals surface area contributed by atoms with Crippen LogP contribution in [0.25, 0.3) is 0 Å². The normalized spacial score (nSPS) is 13.8. The number of nitrogens with zero attached hydrogens (tertiary/aromatic N) is 3. The Morgan fingerprint density at radius 1 is 0.872 bits per heavy atom. The predicted octanol–water partition coefficient (Wildman–Crippen LogP) is 3.95. The average molecular weight is 537 g/mol. The molecule has 206 valence electrons. The van der Waals surface area contributed by atoms with Crippen molar-refractivity contribution in [3.8, 4) is 23.0 Å². The topological polar surface area (TPSA) is 84.9 Å². The number of rotatable bonds is 10. The summed E-state index contributed by atoms with van der Waals surface area (Å²) in [5, 5.41) is 4.14. The first-order valence-electron chi connectivity index (χ1n) is 12.5. The lowest BCUT2D eigenvalue weighted by Gasteiger charge is -2.36. The van der Waals surface area contributed by atoms with E-state index in [0.717, 1.165) is 48.7 Å². The third-order valence-corrected chi connectivity index (χ3v) is 6.57. The molecular weight excluding hydrogens is 503 g/mol. The van der Waals surface area contributed by atoms with Crippen LogP contribution in [-0.4, -0.2) is 71.6 Å². The smallest absolute Gasteiger partial charge is 0.271 e. The average Bonchev–Trinajstić information content (AvgIpc) is 2.97. The number of amides is 1. The molecule has 1 fully saturated rings. The molecule has 1 amide bonds. The zero-order valence-corrected chi connectivity index (χ0v) is 22.6. The minimum atomic E-state index is -0.418. The number of hydrazone groups is 1. The fourth-order valence-corrected chi connectivity index (χ4v) is 4.50. The minimum absolute atomic E-state index is 0.228. The number of methoxy groups -OCH3 is 4. The van der Waals surface area contributed by atoms with Crippen molar-refractivity contribution in [2.75, 3.05) is 59.5 Å². The van der Waals surface area contributed by atoms with E-state index in [1.807, 2.05) is 30.3 Å². The summed E-state index contributed by atoms with van der Waals surface area (Å²) < 4.78 is 34.8. The number of hydrogen-bond donors (Lipinski definition) is 1. The van der Waals surface area contributed by atoms with E-state index in [4.69, 9.17) is 18.9 Å². The van der Waals surface area contributed by atoms with Crippen LogP contribution in [0.2, 0.25) is 0 Å². The van der Waals surface area contributed by atoms with Crippen LogP contribution < -0.4 is 29.3 Å². The first-order chi connectivity index (χ1) is 18.9. The molecule has 9 nitrogen and oxygen atoms in total. The molecule has 1 N–H and O–H groups in total. The largest absolute Gasteiger partial charge is 0.496 e. The maximum Gasteiger partial charge on any atom is 0.271 e. The van der Waals surface area contributed by atoms with Crippen LogP contribution in [0.1, 0.15) is 21.5 Å². The Balaban J connectivity index is 1.39. The molecule has 0 atom stereocenters. The van der Waals surface area contributed by atoms with Gasteiger partial charge in [0.05, 0.1) is 34.7 Å². The maximum atomic E-state index is 13.3. The van der Waals surface area contributed by atoms with Gasteiger partial charge < -0.3 is 23.8 Å². The van der Waals surface area contributed by atoms with Crippen molar-refractivity contribution in [3.05, 3.63) is 77.1 Å². The number of carbonyl (C=O) groups excluding carboxylic acids is 1. The van der Waals surface area contributed by atoms with Crippen molar-refractivity contribution >= 4 is 17.8 Å². The Kier molecular flexibility index (Phi) is 9.22. The highest BCUT2D eigenvalue weighted by atomic mass is 19.1. The number of anilines is 1. The van der Waals surface area contributed by atoms with Gasteiger partial charge in [-0.1, -0.05) is 0 Å². The summed E-state index contributed by atoms with van der Waals surface area (Å²) in [5.41, 5.74) is 5.73. The molecule has 0 aromatic heterocycles. The molecule has 1 heterocycles. The third-order valence-electron chi connectivity index (χ3n) is 6.57. The third kappa shape index (κ3) is 6.77. The highest BCUT2D eigenvalue weighted by molar-refractivity contribution is 5.96. The standard InChI is InChI=1S/C29H33FN4O5/c1-36-25-10-5-20(18-31-32-29(35)21-16-26(37-2)28(39-4)27(17-21)38-3)15-22(25)19-33-11-13-34(14-12-33)24-8-6-23(30)7-9-24/h5-10,15-18H,11-14,19H2,1-4H3,(H,32,35)/b31-18+. The summed E-state index contributed by atoms with van der Waals surface area (Å²) in [7, 11) is 6.13. The molecule has 0 aliphatic carbocycles. The SMILES string of the molecule is COc1ccc(/C=N/NC(=O)c2cc(OC)c(OC)c(OC)c2)cc1CN1CCN(c2ccc(F)cc2)CC1. The molecule has 0 radical (unpaired) electrons. The van der Waals surface area contributed by atoms with Crippen LogP contribution in [0.15, 0.2) is 59.7 Å². The molecule has 10 heteroatoms. The number of hydrogen-bond acceptors (Lipinski definition) is 8. The fraction of sp³-hybridized carbons (Fsp3) is 0.310. The second-order valence-electron chi connectivity index (χ2n) is 8.92. The lowest BCUT2D eigenvalue weighted by molar-refractivity contribution is 0.0954. The van der Waals surface area contributed by atoms with Gasteiger partial charge in [0.15, 0.2) is 11.5 Å². The Bertz CT molecular complexity index is 1280. The summed E-state index contributed by atoms with van der Waals surface area (Å²) in [6.07, 6.45) is 1.59. The molecule has 0 unspecified atom stereocenters. The molecular formula is C29H33FN4O5. The zero-order valence-electron chi connectivity index (χ0n) is 22.6. The highest BCUT2D eigenvalue weighted by Crippen LogP contribution is 2.38. The Morgan fingerprint density at radius 2 is 1.51 bits per heavy atom. The van der Waals surface area contributed by atoms with E-state index in [1.165, 1.54) is 33.5 Å². The fourth-order valence-electron chi connectivity index (χ4n) is 4.50. The van der Waals surface area contributed by atoms with Gasteiger partial charge in [0.1, 0.15) is 11.6 Å². The van der Waals surface area contributed by atoms with Gasteiger partial charge in [-0.3, -0.25) is 9.69 Å². The van der Waals surface area contributed by atoms with E-state index in [0.29, 0.717) is 29.4 Å². The number of carbonyl (C=O) groups is 1. The van der Waals surface area contributed by atoms with E-state index in [9.17, 15) is 9.18 Å². The first-order valence-corrected chi connectivity index (χ1v) is 12.5. The molecule has 0 bridgehead atoms. The van der Waals surface area contributed by atoms with E-state index >= 15 is 0 Å². The van der Waals surface area contributed by atoms with Crippen LogP contribution in [0, 0.1) is 5.82 Å². The van der Waals surface area contributed by atoms with Gasteiger partial charge in [0.2, 0.25) is 5.75 Å². The molecule has 1 aliphatic rings. The lowest BCUT2D eigenvalue weighted by Crippen LogP contribution is -2.46. The number of benzene rings is 3. The van der Waals surface area contributed by atoms with Gasteiger partial charge in [0.25, 0.3) is 5.91 Å². The Hall–Kier alpha value is -4.31. The molecule has 3 aromatic carbocycles. The second-order valence-corrected chi connectivity index (χ2v) is 8.92. The van der Waals surface area contributed by atoms with E-state index in [2.05, 4.69) is 20.3 Å². The van der Waals surface area contributed by atoms with Gasteiger partial charge in [-0.05, 0) is 60.2 Å². The summed E-state index contributed by atoms with van der Waals surface area (Å²) in [6, 6.07) is 15.5. The highest BCUT2D eigenvalue weighted by Gasteiger charge is 2.19. The molecule has 0 saturated carbocycles. The number of nitrogens with one attached hydrogen (secondary N) is 1. The maximum absolute atomic E-state index is 13.3. The van der Waals surface area contributed by atoms with Crippen molar-refractivity contribution < 1.29 is 28.1 Å². The summed E-state index contributed by atoms with van der Waals surface area (Å²) in [4.78, 5) is 17.3. The molecule has 4 rings (SSSR count). The number of ether oxygens (including phenoxy) is 4. The molecule has 39 heavy (non-hydrogen) atoms. The van der Waals surface area contributed by atoms with Crippen LogP contribution >= 0.6 is 0 Å². The minimum Gasteiger partial charge on any atom is -0.496 e. The molecule has 0 spiro atoms. The van der Waals surface area contributed by atoms with Gasteiger partial charge in [-0.15, -0.1) is 0 Å². The Morgan fingerprint density at radius 3 is 2.10 bits per heavy atom. The summed E-state index contributed by atoms with van der Waals surface area (Å²) in [6.45, 7) is 4.14. The van der Waals surface area contributed by atoms with E-state index < -0.39 is 5.91 Å². The van der Waals surface area contributed by atoms with Crippen molar-refractivity contribution in [1.29, 1.82) is 0 Å². The van der Waals surface area contributed by atoms with Crippen molar-refractivity contribution in [2.24, 2.45) is 5.10 Å². The Labute approximate surface area is 227 Å². The van der Waals surface area contributed by atoms with Crippen LogP contribution in [0.4, 0.5) is 10.1 Å².